The van der Waals surface area contributed by atoms with Gasteiger partial charge < -0.3 is 4.90 Å². The smallest absolute Gasteiger partial charge is 0.294 e. The first kappa shape index (κ1) is 15.7. The highest BCUT2D eigenvalue weighted by molar-refractivity contribution is 8.18. The van der Waals surface area contributed by atoms with Gasteiger partial charge in [0.05, 0.1) is 4.91 Å². The second-order valence-electron chi connectivity index (χ2n) is 5.41. The van der Waals surface area contributed by atoms with Gasteiger partial charge >= 0.3 is 0 Å². The standard InChI is InChI=1S/C16H15FN2O3S/c17-12-5-3-4-11(8-12)9-13-15(21)19(16(22)23-13)10-14(20)18-6-1-2-7-18/h3-5,8-9H,1-2,6-7,10H2/b13-9-. The van der Waals surface area contributed by atoms with Gasteiger partial charge in [-0.3, -0.25) is 19.3 Å². The third-order valence-electron chi connectivity index (χ3n) is 3.77. The average molecular weight is 334 g/mol. The summed E-state index contributed by atoms with van der Waals surface area (Å²) in [6.45, 7) is 1.12. The van der Waals surface area contributed by atoms with Crippen molar-refractivity contribution in [2.24, 2.45) is 0 Å². The lowest BCUT2D eigenvalue weighted by molar-refractivity contribution is -0.135. The number of imide groups is 1. The van der Waals surface area contributed by atoms with Crippen LogP contribution in [0.3, 0.4) is 0 Å². The van der Waals surface area contributed by atoms with E-state index in [1.54, 1.807) is 11.0 Å². The first-order valence-corrected chi connectivity index (χ1v) is 8.15. The molecule has 2 saturated heterocycles. The SMILES string of the molecule is O=C(CN1C(=O)S/C(=C\c2cccc(F)c2)C1=O)N1CCCC1. The normalized spacial score (nSPS) is 20.0. The molecular formula is C16H15FN2O3S. The number of hydrogen-bond donors (Lipinski definition) is 0. The second kappa shape index (κ2) is 6.54. The lowest BCUT2D eigenvalue weighted by Gasteiger charge is -2.18. The summed E-state index contributed by atoms with van der Waals surface area (Å²) in [6, 6.07) is 5.76. The van der Waals surface area contributed by atoms with Gasteiger partial charge in [0.25, 0.3) is 11.1 Å². The summed E-state index contributed by atoms with van der Waals surface area (Å²) in [7, 11) is 0. The van der Waals surface area contributed by atoms with E-state index in [-0.39, 0.29) is 17.4 Å². The molecule has 3 amide bonds. The molecule has 0 unspecified atom stereocenters. The fourth-order valence-electron chi connectivity index (χ4n) is 2.59. The molecule has 0 radical (unpaired) electrons. The Morgan fingerprint density at radius 2 is 2.00 bits per heavy atom. The molecule has 0 aromatic heterocycles. The Morgan fingerprint density at radius 1 is 1.26 bits per heavy atom. The summed E-state index contributed by atoms with van der Waals surface area (Å²) in [5.41, 5.74) is 0.501. The molecule has 2 fully saturated rings. The van der Waals surface area contributed by atoms with Crippen molar-refractivity contribution in [3.63, 3.8) is 0 Å². The molecule has 5 nitrogen and oxygen atoms in total. The quantitative estimate of drug-likeness (QED) is 0.797. The number of likely N-dealkylation sites (tertiary alicyclic amines) is 1. The Morgan fingerprint density at radius 3 is 2.70 bits per heavy atom. The van der Waals surface area contributed by atoms with Gasteiger partial charge in [0, 0.05) is 13.1 Å². The van der Waals surface area contributed by atoms with Crippen LogP contribution in [0.5, 0.6) is 0 Å². The zero-order chi connectivity index (χ0) is 16.4. The molecule has 2 heterocycles. The summed E-state index contributed by atoms with van der Waals surface area (Å²) in [5.74, 6) is -1.13. The third-order valence-corrected chi connectivity index (χ3v) is 4.68. The molecule has 3 rings (SSSR count). The summed E-state index contributed by atoms with van der Waals surface area (Å²) in [5, 5.41) is -0.467. The summed E-state index contributed by atoms with van der Waals surface area (Å²) in [6.07, 6.45) is 3.37. The van der Waals surface area contributed by atoms with E-state index >= 15 is 0 Å². The maximum atomic E-state index is 13.2. The molecule has 0 saturated carbocycles. The zero-order valence-corrected chi connectivity index (χ0v) is 13.1. The Balaban J connectivity index is 1.73. The van der Waals surface area contributed by atoms with Crippen molar-refractivity contribution in [3.05, 3.63) is 40.6 Å². The van der Waals surface area contributed by atoms with E-state index in [4.69, 9.17) is 0 Å². The van der Waals surface area contributed by atoms with Crippen LogP contribution in [0.1, 0.15) is 18.4 Å². The molecule has 2 aliphatic rings. The van der Waals surface area contributed by atoms with Gasteiger partial charge in [0.2, 0.25) is 5.91 Å². The van der Waals surface area contributed by atoms with Crippen LogP contribution < -0.4 is 0 Å². The fourth-order valence-corrected chi connectivity index (χ4v) is 3.42. The maximum Gasteiger partial charge on any atom is 0.294 e. The minimum atomic E-state index is -0.503. The van der Waals surface area contributed by atoms with Crippen LogP contribution in [-0.4, -0.2) is 46.5 Å². The Bertz CT molecular complexity index is 698. The van der Waals surface area contributed by atoms with Crippen molar-refractivity contribution in [1.82, 2.24) is 9.80 Å². The lowest BCUT2D eigenvalue weighted by Crippen LogP contribution is -2.40. The van der Waals surface area contributed by atoms with Crippen LogP contribution in [0, 0.1) is 5.82 Å². The van der Waals surface area contributed by atoms with E-state index in [1.165, 1.54) is 24.3 Å². The highest BCUT2D eigenvalue weighted by Gasteiger charge is 2.37. The number of carbonyl (C=O) groups excluding carboxylic acids is 3. The molecule has 0 N–H and O–H groups in total. The molecule has 0 bridgehead atoms. The van der Waals surface area contributed by atoms with Crippen molar-refractivity contribution in [2.75, 3.05) is 19.6 Å². The molecule has 0 aliphatic carbocycles. The van der Waals surface area contributed by atoms with E-state index in [0.29, 0.717) is 18.7 Å². The van der Waals surface area contributed by atoms with Crippen LogP contribution in [0.2, 0.25) is 0 Å². The summed E-state index contributed by atoms with van der Waals surface area (Å²) in [4.78, 5) is 39.2. The predicted octanol–water partition coefficient (Wildman–Crippen LogP) is 2.48. The lowest BCUT2D eigenvalue weighted by atomic mass is 10.2. The highest BCUT2D eigenvalue weighted by atomic mass is 32.2. The second-order valence-corrected chi connectivity index (χ2v) is 6.40. The number of amides is 3. The van der Waals surface area contributed by atoms with E-state index < -0.39 is 17.0 Å². The highest BCUT2D eigenvalue weighted by Crippen LogP contribution is 2.32. The maximum absolute atomic E-state index is 13.2. The molecule has 120 valence electrons. The van der Waals surface area contributed by atoms with Gasteiger partial charge in [-0.15, -0.1) is 0 Å². The van der Waals surface area contributed by atoms with Crippen LogP contribution in [0.25, 0.3) is 6.08 Å². The Labute approximate surface area is 137 Å². The summed E-state index contributed by atoms with van der Waals surface area (Å²) < 4.78 is 13.2. The van der Waals surface area contributed by atoms with E-state index in [9.17, 15) is 18.8 Å². The third kappa shape index (κ3) is 3.44. The number of thioether (sulfide) groups is 1. The zero-order valence-electron chi connectivity index (χ0n) is 12.3. The van der Waals surface area contributed by atoms with E-state index in [1.807, 2.05) is 0 Å². The van der Waals surface area contributed by atoms with Crippen LogP contribution in [0.15, 0.2) is 29.2 Å². The number of carbonyl (C=O) groups is 3. The number of hydrogen-bond acceptors (Lipinski definition) is 4. The van der Waals surface area contributed by atoms with Crippen molar-refractivity contribution in [1.29, 1.82) is 0 Å². The van der Waals surface area contributed by atoms with Crippen LogP contribution in [-0.2, 0) is 9.59 Å². The minimum Gasteiger partial charge on any atom is -0.341 e. The van der Waals surface area contributed by atoms with Crippen molar-refractivity contribution in [2.45, 2.75) is 12.8 Å². The molecule has 7 heteroatoms. The van der Waals surface area contributed by atoms with Crippen LogP contribution in [0.4, 0.5) is 9.18 Å². The number of rotatable bonds is 3. The molecule has 1 aromatic rings. The van der Waals surface area contributed by atoms with Gasteiger partial charge in [0.15, 0.2) is 0 Å². The number of benzene rings is 1. The summed E-state index contributed by atoms with van der Waals surface area (Å²) >= 11 is 0.772. The monoisotopic (exact) mass is 334 g/mol. The molecule has 2 aliphatic heterocycles. The van der Waals surface area contributed by atoms with Gasteiger partial charge in [0.1, 0.15) is 12.4 Å². The number of nitrogens with zero attached hydrogens (tertiary/aromatic N) is 2. The van der Waals surface area contributed by atoms with Gasteiger partial charge in [-0.1, -0.05) is 12.1 Å². The number of halogens is 1. The molecule has 0 spiro atoms. The predicted molar refractivity (Wildman–Crippen MR) is 84.9 cm³/mol. The van der Waals surface area contributed by atoms with Gasteiger partial charge in [-0.05, 0) is 48.4 Å². The average Bonchev–Trinajstić information content (AvgIpc) is 3.12. The first-order chi connectivity index (χ1) is 11.0. The van der Waals surface area contributed by atoms with Crippen molar-refractivity contribution >= 4 is 34.9 Å². The van der Waals surface area contributed by atoms with Gasteiger partial charge in [-0.25, -0.2) is 4.39 Å². The topological polar surface area (TPSA) is 57.7 Å². The molecular weight excluding hydrogens is 319 g/mol. The first-order valence-electron chi connectivity index (χ1n) is 7.33. The largest absolute Gasteiger partial charge is 0.341 e. The molecule has 1 aromatic carbocycles. The van der Waals surface area contributed by atoms with Gasteiger partial charge in [-0.2, -0.15) is 0 Å². The Kier molecular flexibility index (Phi) is 4.47. The fraction of sp³-hybridized carbons (Fsp3) is 0.312. The molecule has 0 atom stereocenters. The van der Waals surface area contributed by atoms with E-state index in [2.05, 4.69) is 0 Å². The van der Waals surface area contributed by atoms with E-state index in [0.717, 1.165) is 29.5 Å². The van der Waals surface area contributed by atoms with Crippen molar-refractivity contribution < 1.29 is 18.8 Å². The minimum absolute atomic E-state index is 0.204. The van der Waals surface area contributed by atoms with Crippen LogP contribution >= 0.6 is 11.8 Å². The van der Waals surface area contributed by atoms with Crippen molar-refractivity contribution in [3.8, 4) is 0 Å². The molecule has 23 heavy (non-hydrogen) atoms. The Hall–Kier alpha value is -2.15.